The SMILES string of the molecule is CCc1ccc(N2C(=O)[C@H]3[C@H](CC=C4[C@H]3C[C@H]3C(=O)N(c5ccccc5)C(=O)[C@@]3(C)[C@H]4c3cccc(OC)c3O)C2=O)cc1. The number of allylic oxidation sites excluding steroid dienone is 2. The van der Waals surface area contributed by atoms with Gasteiger partial charge >= 0.3 is 0 Å². The van der Waals surface area contributed by atoms with Gasteiger partial charge in [-0.2, -0.15) is 0 Å². The number of ether oxygens (including phenoxy) is 1. The fraction of sp³-hybridized carbons (Fsp3) is 0.333. The maximum atomic E-state index is 14.5. The number of methoxy groups -OCH3 is 1. The predicted molar refractivity (Wildman–Crippen MR) is 164 cm³/mol. The smallest absolute Gasteiger partial charge is 0.241 e. The van der Waals surface area contributed by atoms with E-state index >= 15 is 0 Å². The van der Waals surface area contributed by atoms with Crippen LogP contribution in [0.15, 0.2) is 84.4 Å². The Labute approximate surface area is 255 Å². The van der Waals surface area contributed by atoms with Crippen LogP contribution in [0.2, 0.25) is 0 Å². The fourth-order valence-electron chi connectivity index (χ4n) is 8.25. The first-order valence-corrected chi connectivity index (χ1v) is 15.2. The third-order valence-electron chi connectivity index (χ3n) is 10.5. The minimum Gasteiger partial charge on any atom is -0.504 e. The van der Waals surface area contributed by atoms with Crippen LogP contribution in [0.5, 0.6) is 11.5 Å². The van der Waals surface area contributed by atoms with E-state index in [2.05, 4.69) is 0 Å². The number of hydrogen-bond acceptors (Lipinski definition) is 6. The molecule has 4 amide bonds. The van der Waals surface area contributed by atoms with Crippen molar-refractivity contribution in [3.8, 4) is 11.5 Å². The largest absolute Gasteiger partial charge is 0.504 e. The Hall–Kier alpha value is -4.72. The molecule has 0 radical (unpaired) electrons. The lowest BCUT2D eigenvalue weighted by Gasteiger charge is -2.49. The summed E-state index contributed by atoms with van der Waals surface area (Å²) in [5, 5.41) is 11.4. The molecule has 2 heterocycles. The molecule has 6 atom stereocenters. The lowest BCUT2D eigenvalue weighted by atomic mass is 9.51. The van der Waals surface area contributed by atoms with E-state index in [9.17, 15) is 24.3 Å². The number of aryl methyl sites for hydroxylation is 1. The highest BCUT2D eigenvalue weighted by molar-refractivity contribution is 6.25. The van der Waals surface area contributed by atoms with Crippen LogP contribution in [0.1, 0.15) is 43.7 Å². The molecule has 0 unspecified atom stereocenters. The molecule has 44 heavy (non-hydrogen) atoms. The van der Waals surface area contributed by atoms with Crippen molar-refractivity contribution in [1.82, 2.24) is 0 Å². The highest BCUT2D eigenvalue weighted by Gasteiger charge is 2.68. The van der Waals surface area contributed by atoms with Gasteiger partial charge in [0.05, 0.1) is 41.7 Å². The quantitative estimate of drug-likeness (QED) is 0.315. The molecule has 7 rings (SSSR count). The molecule has 1 saturated carbocycles. The molecule has 8 nitrogen and oxygen atoms in total. The minimum atomic E-state index is -1.24. The van der Waals surface area contributed by atoms with Gasteiger partial charge in [-0.15, -0.1) is 0 Å². The van der Waals surface area contributed by atoms with Gasteiger partial charge in [0.25, 0.3) is 0 Å². The Morgan fingerprint density at radius 1 is 0.841 bits per heavy atom. The van der Waals surface area contributed by atoms with Gasteiger partial charge in [-0.3, -0.25) is 24.1 Å². The molecule has 8 heteroatoms. The highest BCUT2D eigenvalue weighted by atomic mass is 16.5. The van der Waals surface area contributed by atoms with Crippen molar-refractivity contribution >= 4 is 35.0 Å². The van der Waals surface area contributed by atoms with E-state index < -0.39 is 35.0 Å². The van der Waals surface area contributed by atoms with Crippen LogP contribution < -0.4 is 14.5 Å². The molecule has 3 aromatic rings. The van der Waals surface area contributed by atoms with Gasteiger partial charge in [-0.1, -0.05) is 61.0 Å². The molecule has 2 aliphatic heterocycles. The molecular formula is C36H34N2O6. The second-order valence-electron chi connectivity index (χ2n) is 12.4. The second kappa shape index (κ2) is 10.2. The second-order valence-corrected chi connectivity index (χ2v) is 12.4. The number of anilines is 2. The zero-order chi connectivity index (χ0) is 30.9. The van der Waals surface area contributed by atoms with Crippen LogP contribution in [-0.2, 0) is 25.6 Å². The first-order valence-electron chi connectivity index (χ1n) is 15.2. The number of carbonyl (C=O) groups is 4. The number of benzene rings is 3. The number of carbonyl (C=O) groups excluding carboxylic acids is 4. The first kappa shape index (κ1) is 28.1. The lowest BCUT2D eigenvalue weighted by Crippen LogP contribution is -2.48. The van der Waals surface area contributed by atoms with Gasteiger partial charge in [0, 0.05) is 11.5 Å². The molecule has 3 aromatic carbocycles. The maximum Gasteiger partial charge on any atom is 0.241 e. The van der Waals surface area contributed by atoms with Gasteiger partial charge in [-0.05, 0) is 68.0 Å². The lowest BCUT2D eigenvalue weighted by molar-refractivity contribution is -0.131. The maximum absolute atomic E-state index is 14.5. The van der Waals surface area contributed by atoms with Crippen molar-refractivity contribution in [3.63, 3.8) is 0 Å². The van der Waals surface area contributed by atoms with E-state index in [1.54, 1.807) is 49.4 Å². The summed E-state index contributed by atoms with van der Waals surface area (Å²) in [4.78, 5) is 59.3. The van der Waals surface area contributed by atoms with Crippen molar-refractivity contribution in [3.05, 3.63) is 95.6 Å². The summed E-state index contributed by atoms with van der Waals surface area (Å²) in [6.07, 6.45) is 3.40. The number of rotatable bonds is 5. The highest BCUT2D eigenvalue weighted by Crippen LogP contribution is 2.64. The zero-order valence-electron chi connectivity index (χ0n) is 24.9. The molecule has 0 aromatic heterocycles. The fourth-order valence-corrected chi connectivity index (χ4v) is 8.25. The average Bonchev–Trinajstić information content (AvgIpc) is 3.41. The number of imide groups is 2. The number of hydrogen-bond donors (Lipinski definition) is 1. The summed E-state index contributed by atoms with van der Waals surface area (Å²) in [5.41, 5.74) is 2.16. The van der Waals surface area contributed by atoms with Crippen molar-refractivity contribution in [2.45, 2.75) is 39.0 Å². The Morgan fingerprint density at radius 2 is 1.55 bits per heavy atom. The van der Waals surface area contributed by atoms with Crippen LogP contribution in [-0.4, -0.2) is 35.8 Å². The Balaban J connectivity index is 1.37. The normalized spacial score (nSPS) is 29.3. The molecule has 3 fully saturated rings. The number of fused-ring (bicyclic) bond motifs is 4. The number of nitrogens with zero attached hydrogens (tertiary/aromatic N) is 2. The molecule has 224 valence electrons. The van der Waals surface area contributed by atoms with Crippen LogP contribution in [0.3, 0.4) is 0 Å². The number of phenols is 1. The molecule has 2 aliphatic carbocycles. The van der Waals surface area contributed by atoms with Gasteiger partial charge in [0.1, 0.15) is 0 Å². The van der Waals surface area contributed by atoms with Crippen LogP contribution >= 0.6 is 0 Å². The van der Waals surface area contributed by atoms with Gasteiger partial charge in [-0.25, -0.2) is 4.90 Å². The first-order chi connectivity index (χ1) is 21.2. The minimum absolute atomic E-state index is 0.103. The molecule has 0 bridgehead atoms. The van der Waals surface area contributed by atoms with Gasteiger partial charge in [0.2, 0.25) is 23.6 Å². The predicted octanol–water partition coefficient (Wildman–Crippen LogP) is 5.40. The van der Waals surface area contributed by atoms with E-state index in [1.165, 1.54) is 16.9 Å². The van der Waals surface area contributed by atoms with Crippen molar-refractivity contribution in [1.29, 1.82) is 0 Å². The third kappa shape index (κ3) is 3.76. The molecular weight excluding hydrogens is 556 g/mol. The van der Waals surface area contributed by atoms with E-state index in [4.69, 9.17) is 4.74 Å². The summed E-state index contributed by atoms with van der Waals surface area (Å²) < 4.78 is 5.44. The van der Waals surface area contributed by atoms with Crippen molar-refractivity contribution < 1.29 is 29.0 Å². The van der Waals surface area contributed by atoms with Crippen LogP contribution in [0.25, 0.3) is 0 Å². The summed E-state index contributed by atoms with van der Waals surface area (Å²) in [6.45, 7) is 3.85. The number of para-hydroxylation sites is 2. The number of aromatic hydroxyl groups is 1. The van der Waals surface area contributed by atoms with Crippen LogP contribution in [0, 0.1) is 29.1 Å². The van der Waals surface area contributed by atoms with E-state index in [1.807, 2.05) is 43.3 Å². The Morgan fingerprint density at radius 3 is 2.23 bits per heavy atom. The van der Waals surface area contributed by atoms with E-state index in [0.717, 1.165) is 17.6 Å². The van der Waals surface area contributed by atoms with Gasteiger partial charge < -0.3 is 9.84 Å². The summed E-state index contributed by atoms with van der Waals surface area (Å²) in [6, 6.07) is 21.5. The topological polar surface area (TPSA) is 104 Å². The summed E-state index contributed by atoms with van der Waals surface area (Å²) >= 11 is 0. The summed E-state index contributed by atoms with van der Waals surface area (Å²) in [5.74, 6) is -4.25. The monoisotopic (exact) mass is 590 g/mol. The Kier molecular flexibility index (Phi) is 6.50. The zero-order valence-corrected chi connectivity index (χ0v) is 24.9. The Bertz CT molecular complexity index is 1730. The molecule has 1 N–H and O–H groups in total. The van der Waals surface area contributed by atoms with Crippen molar-refractivity contribution in [2.75, 3.05) is 16.9 Å². The third-order valence-corrected chi connectivity index (χ3v) is 10.5. The average molecular weight is 591 g/mol. The van der Waals surface area contributed by atoms with Gasteiger partial charge in [0.15, 0.2) is 11.5 Å². The number of amides is 4. The van der Waals surface area contributed by atoms with E-state index in [0.29, 0.717) is 23.4 Å². The van der Waals surface area contributed by atoms with Crippen LogP contribution in [0.4, 0.5) is 11.4 Å². The summed E-state index contributed by atoms with van der Waals surface area (Å²) in [7, 11) is 1.46. The molecule has 2 saturated heterocycles. The van der Waals surface area contributed by atoms with E-state index in [-0.39, 0.29) is 41.5 Å². The standard InChI is InChI=1S/C36H34N2O6/c1-4-20-13-15-22(16-14-20)37-32(40)24-18-17-23-26(29(24)34(37)42)19-27-33(41)38(21-9-6-5-7-10-21)35(43)36(27,2)30(23)25-11-8-12-28(44-3)31(25)39/h5-17,24,26-27,29-30,39H,4,18-19H2,1-3H3/t24-,26+,27-,29-,30+,36+/m0/s1. The number of phenolic OH excluding ortho intramolecular Hbond substituents is 1. The van der Waals surface area contributed by atoms with Crippen molar-refractivity contribution in [2.24, 2.45) is 29.1 Å². The molecule has 0 spiro atoms. The molecule has 4 aliphatic rings.